The molecular formula is C14H19NO5S. The normalized spacial score (nSPS) is 20.0. The number of hydrogen-bond donors (Lipinski definition) is 0. The minimum Gasteiger partial charge on any atom is -0.493 e. The number of sulfone groups is 1. The Balaban J connectivity index is 1.93. The summed E-state index contributed by atoms with van der Waals surface area (Å²) >= 11 is 0. The summed E-state index contributed by atoms with van der Waals surface area (Å²) in [6.07, 6.45) is 0.485. The maximum absolute atomic E-state index is 12.1. The molecule has 6 nitrogen and oxygen atoms in total. The molecule has 116 valence electrons. The van der Waals surface area contributed by atoms with E-state index < -0.39 is 9.84 Å². The van der Waals surface area contributed by atoms with E-state index in [-0.39, 0.29) is 30.1 Å². The lowest BCUT2D eigenvalue weighted by molar-refractivity contribution is -0.133. The molecule has 1 atom stereocenters. The van der Waals surface area contributed by atoms with Gasteiger partial charge in [-0.15, -0.1) is 0 Å². The summed E-state index contributed by atoms with van der Waals surface area (Å²) < 4.78 is 33.5. The molecule has 0 aromatic heterocycles. The fourth-order valence-electron chi connectivity index (χ4n) is 2.26. The molecule has 1 amide bonds. The lowest BCUT2D eigenvalue weighted by Gasteiger charge is -2.23. The zero-order valence-electron chi connectivity index (χ0n) is 12.1. The van der Waals surface area contributed by atoms with Crippen LogP contribution < -0.4 is 9.47 Å². The van der Waals surface area contributed by atoms with Gasteiger partial charge in [-0.1, -0.05) is 12.1 Å². The first kappa shape index (κ1) is 15.6. The van der Waals surface area contributed by atoms with Crippen LogP contribution in [0.2, 0.25) is 0 Å². The van der Waals surface area contributed by atoms with Crippen LogP contribution in [0.5, 0.6) is 11.5 Å². The Kier molecular flexibility index (Phi) is 4.72. The van der Waals surface area contributed by atoms with E-state index >= 15 is 0 Å². The van der Waals surface area contributed by atoms with E-state index in [1.807, 2.05) is 6.07 Å². The van der Waals surface area contributed by atoms with Crippen molar-refractivity contribution in [3.8, 4) is 11.5 Å². The van der Waals surface area contributed by atoms with Gasteiger partial charge < -0.3 is 14.4 Å². The second-order valence-electron chi connectivity index (χ2n) is 5.00. The highest BCUT2D eigenvalue weighted by Gasteiger charge is 2.32. The quantitative estimate of drug-likeness (QED) is 0.801. The predicted molar refractivity (Wildman–Crippen MR) is 78.3 cm³/mol. The number of likely N-dealkylation sites (N-methyl/N-ethyl adjacent to an activating group) is 1. The van der Waals surface area contributed by atoms with Crippen molar-refractivity contribution in [3.05, 3.63) is 24.3 Å². The Morgan fingerprint density at radius 2 is 2.00 bits per heavy atom. The van der Waals surface area contributed by atoms with Crippen molar-refractivity contribution in [2.75, 3.05) is 32.3 Å². The molecule has 0 saturated carbocycles. The molecule has 1 fully saturated rings. The predicted octanol–water partition coefficient (Wildman–Crippen LogP) is 0.720. The van der Waals surface area contributed by atoms with Crippen molar-refractivity contribution >= 4 is 15.7 Å². The monoisotopic (exact) mass is 313 g/mol. The van der Waals surface area contributed by atoms with E-state index in [4.69, 9.17) is 9.47 Å². The molecule has 0 N–H and O–H groups in total. The van der Waals surface area contributed by atoms with Crippen LogP contribution in [0.3, 0.4) is 0 Å². The minimum atomic E-state index is -3.01. The van der Waals surface area contributed by atoms with Gasteiger partial charge in [0, 0.05) is 13.1 Å². The molecule has 1 aromatic rings. The number of methoxy groups -OCH3 is 1. The minimum absolute atomic E-state index is 0.0316. The first-order chi connectivity index (χ1) is 9.93. The number of hydrogen-bond acceptors (Lipinski definition) is 5. The SMILES string of the molecule is COc1ccccc1OCC(=O)N(C)[C@H]1CCS(=O)(=O)C1. The summed E-state index contributed by atoms with van der Waals surface area (Å²) in [5, 5.41) is 0. The molecular weight excluding hydrogens is 294 g/mol. The zero-order chi connectivity index (χ0) is 15.5. The molecule has 1 aliphatic rings. The molecule has 2 rings (SSSR count). The van der Waals surface area contributed by atoms with Crippen molar-refractivity contribution in [2.24, 2.45) is 0 Å². The van der Waals surface area contributed by atoms with Crippen molar-refractivity contribution in [1.29, 1.82) is 0 Å². The third kappa shape index (κ3) is 3.87. The fourth-order valence-corrected chi connectivity index (χ4v) is 4.04. The van der Waals surface area contributed by atoms with E-state index in [2.05, 4.69) is 0 Å². The summed E-state index contributed by atoms with van der Waals surface area (Å²) in [5.74, 6) is 0.965. The first-order valence-corrected chi connectivity index (χ1v) is 8.47. The number of para-hydroxylation sites is 2. The van der Waals surface area contributed by atoms with Gasteiger partial charge in [0.2, 0.25) is 0 Å². The Bertz CT molecular complexity index is 614. The lowest BCUT2D eigenvalue weighted by Crippen LogP contribution is -2.40. The summed E-state index contributed by atoms with van der Waals surface area (Å²) in [6, 6.07) is 6.79. The van der Waals surface area contributed by atoms with Gasteiger partial charge in [0.15, 0.2) is 27.9 Å². The average Bonchev–Trinajstić information content (AvgIpc) is 2.84. The number of carbonyl (C=O) groups is 1. The molecule has 1 heterocycles. The Morgan fingerprint density at radius 3 is 2.57 bits per heavy atom. The van der Waals surface area contributed by atoms with E-state index in [1.165, 1.54) is 12.0 Å². The molecule has 0 unspecified atom stereocenters. The van der Waals surface area contributed by atoms with Gasteiger partial charge in [0.1, 0.15) is 0 Å². The third-order valence-corrected chi connectivity index (χ3v) is 5.32. The molecule has 1 aliphatic heterocycles. The number of rotatable bonds is 5. The Hall–Kier alpha value is -1.76. The van der Waals surface area contributed by atoms with Crippen LogP contribution in [0.25, 0.3) is 0 Å². The Morgan fingerprint density at radius 1 is 1.33 bits per heavy atom. The second kappa shape index (κ2) is 6.34. The van der Waals surface area contributed by atoms with Gasteiger partial charge in [0.25, 0.3) is 5.91 Å². The lowest BCUT2D eigenvalue weighted by atomic mass is 10.2. The van der Waals surface area contributed by atoms with Gasteiger partial charge in [-0.25, -0.2) is 8.42 Å². The van der Waals surface area contributed by atoms with E-state index in [1.54, 1.807) is 25.2 Å². The highest BCUT2D eigenvalue weighted by Crippen LogP contribution is 2.25. The number of ether oxygens (including phenoxy) is 2. The maximum Gasteiger partial charge on any atom is 0.260 e. The van der Waals surface area contributed by atoms with Crippen LogP contribution in [0.15, 0.2) is 24.3 Å². The van der Waals surface area contributed by atoms with Gasteiger partial charge in [-0.05, 0) is 18.6 Å². The van der Waals surface area contributed by atoms with Crippen LogP contribution in [-0.2, 0) is 14.6 Å². The van der Waals surface area contributed by atoms with E-state index in [0.29, 0.717) is 17.9 Å². The second-order valence-corrected chi connectivity index (χ2v) is 7.23. The highest BCUT2D eigenvalue weighted by molar-refractivity contribution is 7.91. The maximum atomic E-state index is 12.1. The third-order valence-electron chi connectivity index (χ3n) is 3.57. The largest absolute Gasteiger partial charge is 0.493 e. The average molecular weight is 313 g/mol. The van der Waals surface area contributed by atoms with Gasteiger partial charge in [0.05, 0.1) is 18.6 Å². The van der Waals surface area contributed by atoms with Crippen molar-refractivity contribution in [3.63, 3.8) is 0 Å². The summed E-state index contributed by atoms with van der Waals surface area (Å²) in [5.41, 5.74) is 0. The number of carbonyl (C=O) groups excluding carboxylic acids is 1. The zero-order valence-corrected chi connectivity index (χ0v) is 12.9. The molecule has 7 heteroatoms. The van der Waals surface area contributed by atoms with E-state index in [0.717, 1.165) is 0 Å². The van der Waals surface area contributed by atoms with Gasteiger partial charge in [-0.3, -0.25) is 4.79 Å². The molecule has 0 aliphatic carbocycles. The number of benzene rings is 1. The van der Waals surface area contributed by atoms with Crippen LogP contribution in [-0.4, -0.2) is 57.5 Å². The van der Waals surface area contributed by atoms with Crippen molar-refractivity contribution < 1.29 is 22.7 Å². The Labute approximate surface area is 124 Å². The molecule has 1 saturated heterocycles. The van der Waals surface area contributed by atoms with Crippen LogP contribution in [0.4, 0.5) is 0 Å². The molecule has 0 spiro atoms. The topological polar surface area (TPSA) is 72.9 Å². The standard InChI is InChI=1S/C14H19NO5S/c1-15(11-7-8-21(17,18)10-11)14(16)9-20-13-6-4-3-5-12(13)19-2/h3-6,11H,7-10H2,1-2H3/t11-/m0/s1. The highest BCUT2D eigenvalue weighted by atomic mass is 32.2. The smallest absolute Gasteiger partial charge is 0.260 e. The molecule has 21 heavy (non-hydrogen) atoms. The van der Waals surface area contributed by atoms with Crippen LogP contribution in [0.1, 0.15) is 6.42 Å². The van der Waals surface area contributed by atoms with Crippen molar-refractivity contribution in [1.82, 2.24) is 4.90 Å². The van der Waals surface area contributed by atoms with Crippen LogP contribution >= 0.6 is 0 Å². The summed E-state index contributed by atoms with van der Waals surface area (Å²) in [4.78, 5) is 13.5. The van der Waals surface area contributed by atoms with Gasteiger partial charge >= 0.3 is 0 Å². The molecule has 1 aromatic carbocycles. The number of amides is 1. The van der Waals surface area contributed by atoms with E-state index in [9.17, 15) is 13.2 Å². The van der Waals surface area contributed by atoms with Crippen molar-refractivity contribution in [2.45, 2.75) is 12.5 Å². The fraction of sp³-hybridized carbons (Fsp3) is 0.500. The summed E-state index contributed by atoms with van der Waals surface area (Å²) in [7, 11) is 0.131. The van der Waals surface area contributed by atoms with Gasteiger partial charge in [-0.2, -0.15) is 0 Å². The number of nitrogens with zero attached hydrogens (tertiary/aromatic N) is 1. The molecule has 0 radical (unpaired) electrons. The first-order valence-electron chi connectivity index (χ1n) is 6.65. The summed E-state index contributed by atoms with van der Waals surface area (Å²) in [6.45, 7) is -0.145. The van der Waals surface area contributed by atoms with Crippen LogP contribution in [0, 0.1) is 0 Å². The molecule has 0 bridgehead atoms.